The van der Waals surface area contributed by atoms with E-state index in [2.05, 4.69) is 51.0 Å². The van der Waals surface area contributed by atoms with Gasteiger partial charge in [-0.15, -0.1) is 0 Å². The average molecular weight is 447 g/mol. The number of carbonyl (C=O) groups is 1. The van der Waals surface area contributed by atoms with Gasteiger partial charge in [0.05, 0.1) is 19.6 Å². The number of nitrogens with zero attached hydrogens (tertiary/aromatic N) is 2. The van der Waals surface area contributed by atoms with E-state index in [1.54, 1.807) is 10.9 Å². The van der Waals surface area contributed by atoms with E-state index in [0.29, 0.717) is 6.61 Å². The Morgan fingerprint density at radius 2 is 1.73 bits per heavy atom. The summed E-state index contributed by atoms with van der Waals surface area (Å²) < 4.78 is 12.8. The van der Waals surface area contributed by atoms with Gasteiger partial charge in [-0.1, -0.05) is 58.0 Å². The van der Waals surface area contributed by atoms with Crippen molar-refractivity contribution < 1.29 is 14.3 Å². The van der Waals surface area contributed by atoms with Crippen LogP contribution in [0.2, 0.25) is 0 Å². The zero-order valence-corrected chi connectivity index (χ0v) is 20.3. The predicted molar refractivity (Wildman–Crippen MR) is 130 cm³/mol. The number of esters is 1. The van der Waals surface area contributed by atoms with Crippen molar-refractivity contribution in [3.63, 3.8) is 0 Å². The molecule has 2 aromatic carbocycles. The summed E-state index contributed by atoms with van der Waals surface area (Å²) in [5.74, 6) is 0.530. The van der Waals surface area contributed by atoms with Crippen LogP contribution < -0.4 is 4.74 Å². The molecule has 5 nitrogen and oxygen atoms in total. The van der Waals surface area contributed by atoms with Gasteiger partial charge in [0.1, 0.15) is 12.4 Å². The molecule has 0 amide bonds. The minimum absolute atomic E-state index is 0.184. The highest BCUT2D eigenvalue weighted by molar-refractivity contribution is 5.70. The molecule has 174 valence electrons. The van der Waals surface area contributed by atoms with E-state index >= 15 is 0 Å². The molecule has 1 heterocycles. The zero-order chi connectivity index (χ0) is 23.6. The van der Waals surface area contributed by atoms with E-state index in [4.69, 9.17) is 9.47 Å². The average Bonchev–Trinajstić information content (AvgIpc) is 3.34. The molecular weight excluding hydrogens is 412 g/mol. The monoisotopic (exact) mass is 446 g/mol. The van der Waals surface area contributed by atoms with Crippen LogP contribution in [0.25, 0.3) is 0 Å². The van der Waals surface area contributed by atoms with E-state index < -0.39 is 0 Å². The maximum Gasteiger partial charge on any atom is 0.308 e. The highest BCUT2D eigenvalue weighted by Crippen LogP contribution is 2.46. The minimum atomic E-state index is -0.269. The summed E-state index contributed by atoms with van der Waals surface area (Å²) in [7, 11) is 1.40. The third kappa shape index (κ3) is 4.97. The number of methoxy groups -OCH3 is 1. The Morgan fingerprint density at radius 1 is 1.03 bits per heavy atom. The lowest BCUT2D eigenvalue weighted by Gasteiger charge is -2.42. The number of benzene rings is 2. The summed E-state index contributed by atoms with van der Waals surface area (Å²) in [6.45, 7) is 9.89. The fourth-order valence-electron chi connectivity index (χ4n) is 4.75. The third-order valence-electron chi connectivity index (χ3n) is 7.02. The summed E-state index contributed by atoms with van der Waals surface area (Å²) in [5, 5.41) is 4.31. The molecule has 0 fully saturated rings. The van der Waals surface area contributed by atoms with Gasteiger partial charge in [-0.3, -0.25) is 9.48 Å². The number of rotatable bonds is 7. The van der Waals surface area contributed by atoms with E-state index in [9.17, 15) is 4.79 Å². The molecule has 0 unspecified atom stereocenters. The van der Waals surface area contributed by atoms with Crippen molar-refractivity contribution in [2.24, 2.45) is 0 Å². The normalized spacial score (nSPS) is 17.1. The molecule has 0 spiro atoms. The molecular formula is C28H34N2O3. The van der Waals surface area contributed by atoms with Gasteiger partial charge in [0.2, 0.25) is 0 Å². The van der Waals surface area contributed by atoms with Crippen molar-refractivity contribution in [1.29, 1.82) is 0 Å². The first-order chi connectivity index (χ1) is 15.7. The standard InChI is InChI=1S/C28H34N2O3/c1-27(2)13-14-28(3,4)24-17-20(7-12-23(24)27)19-33-22-10-8-21(9-11-22)25(18-26(31)32-5)30-16-6-15-29-30/h6-12,15-17,25H,13-14,18-19H2,1-5H3/t25-/m0/s1. The van der Waals surface area contributed by atoms with Gasteiger partial charge in [0, 0.05) is 12.4 Å². The van der Waals surface area contributed by atoms with Gasteiger partial charge >= 0.3 is 5.97 Å². The predicted octanol–water partition coefficient (Wildman–Crippen LogP) is 5.96. The van der Waals surface area contributed by atoms with Crippen molar-refractivity contribution in [3.8, 4) is 5.75 Å². The van der Waals surface area contributed by atoms with Crippen LogP contribution in [0.4, 0.5) is 0 Å². The van der Waals surface area contributed by atoms with Gasteiger partial charge < -0.3 is 9.47 Å². The van der Waals surface area contributed by atoms with Crippen LogP contribution in [0.1, 0.15) is 75.3 Å². The van der Waals surface area contributed by atoms with E-state index in [1.807, 2.05) is 36.5 Å². The first kappa shape index (κ1) is 23.1. The Morgan fingerprint density at radius 3 is 2.36 bits per heavy atom. The van der Waals surface area contributed by atoms with Crippen LogP contribution in [-0.4, -0.2) is 22.9 Å². The highest BCUT2D eigenvalue weighted by Gasteiger charge is 2.36. The largest absolute Gasteiger partial charge is 0.489 e. The number of aromatic nitrogens is 2. The molecule has 0 saturated carbocycles. The van der Waals surface area contributed by atoms with Crippen LogP contribution in [0.5, 0.6) is 5.75 Å². The maximum absolute atomic E-state index is 11.9. The number of hydrogen-bond acceptors (Lipinski definition) is 4. The molecule has 0 saturated heterocycles. The van der Waals surface area contributed by atoms with Gasteiger partial charge in [-0.05, 0) is 64.1 Å². The third-order valence-corrected chi connectivity index (χ3v) is 7.02. The Labute approximate surface area is 196 Å². The van der Waals surface area contributed by atoms with E-state index in [0.717, 1.165) is 11.3 Å². The van der Waals surface area contributed by atoms with Crippen molar-refractivity contribution in [2.75, 3.05) is 7.11 Å². The SMILES string of the molecule is COC(=O)C[C@@H](c1ccc(OCc2ccc3c(c2)C(C)(C)CCC3(C)C)cc1)n1cccn1. The first-order valence-electron chi connectivity index (χ1n) is 11.6. The molecule has 0 radical (unpaired) electrons. The lowest BCUT2D eigenvalue weighted by atomic mass is 9.63. The van der Waals surface area contributed by atoms with Crippen LogP contribution >= 0.6 is 0 Å². The summed E-state index contributed by atoms with van der Waals surface area (Å²) in [6.07, 6.45) is 6.20. The molecule has 33 heavy (non-hydrogen) atoms. The minimum Gasteiger partial charge on any atom is -0.489 e. The number of ether oxygens (including phenoxy) is 2. The molecule has 0 bridgehead atoms. The number of fused-ring (bicyclic) bond motifs is 1. The molecule has 1 atom stereocenters. The molecule has 1 aliphatic rings. The zero-order valence-electron chi connectivity index (χ0n) is 20.3. The lowest BCUT2D eigenvalue weighted by molar-refractivity contribution is -0.141. The molecule has 5 heteroatoms. The van der Waals surface area contributed by atoms with Gasteiger partial charge in [-0.2, -0.15) is 5.10 Å². The summed E-state index contributed by atoms with van der Waals surface area (Å²) in [4.78, 5) is 11.9. The Kier molecular flexibility index (Phi) is 6.33. The summed E-state index contributed by atoms with van der Waals surface area (Å²) >= 11 is 0. The maximum atomic E-state index is 11.9. The van der Waals surface area contributed by atoms with Crippen LogP contribution in [0, 0.1) is 0 Å². The van der Waals surface area contributed by atoms with Crippen LogP contribution in [0.15, 0.2) is 60.9 Å². The second kappa shape index (κ2) is 9.05. The van der Waals surface area contributed by atoms with Crippen molar-refractivity contribution in [3.05, 3.63) is 83.2 Å². The summed E-state index contributed by atoms with van der Waals surface area (Å²) in [6, 6.07) is 16.3. The molecule has 1 aromatic heterocycles. The molecule has 0 N–H and O–H groups in total. The number of carbonyl (C=O) groups excluding carboxylic acids is 1. The van der Waals surface area contributed by atoms with Gasteiger partial charge in [0.25, 0.3) is 0 Å². The van der Waals surface area contributed by atoms with Crippen molar-refractivity contribution >= 4 is 5.97 Å². The highest BCUT2D eigenvalue weighted by atomic mass is 16.5. The van der Waals surface area contributed by atoms with E-state index in [1.165, 1.54) is 36.6 Å². The van der Waals surface area contributed by atoms with E-state index in [-0.39, 0.29) is 29.3 Å². The van der Waals surface area contributed by atoms with Crippen molar-refractivity contribution in [2.45, 2.75) is 70.4 Å². The van der Waals surface area contributed by atoms with Crippen molar-refractivity contribution in [1.82, 2.24) is 9.78 Å². The second-order valence-corrected chi connectivity index (χ2v) is 10.3. The van der Waals surface area contributed by atoms with Crippen LogP contribution in [0.3, 0.4) is 0 Å². The quantitative estimate of drug-likeness (QED) is 0.420. The Balaban J connectivity index is 1.48. The van der Waals surface area contributed by atoms with Gasteiger partial charge in [0.15, 0.2) is 0 Å². The topological polar surface area (TPSA) is 53.4 Å². The lowest BCUT2D eigenvalue weighted by Crippen LogP contribution is -2.33. The van der Waals surface area contributed by atoms with Crippen LogP contribution in [-0.2, 0) is 27.0 Å². The fraction of sp³-hybridized carbons (Fsp3) is 0.429. The molecule has 3 aromatic rings. The van der Waals surface area contributed by atoms with Gasteiger partial charge in [-0.25, -0.2) is 0 Å². The second-order valence-electron chi connectivity index (χ2n) is 10.3. The number of hydrogen-bond donors (Lipinski definition) is 0. The summed E-state index contributed by atoms with van der Waals surface area (Å²) in [5.41, 5.74) is 5.47. The molecule has 1 aliphatic carbocycles. The smallest absolute Gasteiger partial charge is 0.308 e. The fourth-order valence-corrected chi connectivity index (χ4v) is 4.75. The Hall–Kier alpha value is -3.08. The molecule has 0 aliphatic heterocycles. The first-order valence-corrected chi connectivity index (χ1v) is 11.6. The Bertz CT molecular complexity index is 1100. The molecule has 4 rings (SSSR count).